The van der Waals surface area contributed by atoms with Crippen LogP contribution in [0.2, 0.25) is 0 Å². The first-order valence-electron chi connectivity index (χ1n) is 10.8. The normalized spacial score (nSPS) is 22.4. The van der Waals surface area contributed by atoms with E-state index in [1.54, 1.807) is 48.5 Å². The van der Waals surface area contributed by atoms with Crippen molar-refractivity contribution in [2.75, 3.05) is 7.11 Å². The predicted octanol–water partition coefficient (Wildman–Crippen LogP) is 3.33. The predicted molar refractivity (Wildman–Crippen MR) is 117 cm³/mol. The van der Waals surface area contributed by atoms with E-state index in [0.717, 1.165) is 18.4 Å². The molecule has 1 fully saturated rings. The van der Waals surface area contributed by atoms with Crippen LogP contribution in [0.4, 0.5) is 0 Å². The van der Waals surface area contributed by atoms with Crippen molar-refractivity contribution in [1.29, 1.82) is 0 Å². The van der Waals surface area contributed by atoms with E-state index in [9.17, 15) is 19.2 Å². The van der Waals surface area contributed by atoms with Crippen LogP contribution < -0.4 is 5.32 Å². The summed E-state index contributed by atoms with van der Waals surface area (Å²) in [6.07, 6.45) is 2.78. The van der Waals surface area contributed by atoms with Crippen LogP contribution in [-0.4, -0.2) is 41.2 Å². The van der Waals surface area contributed by atoms with E-state index in [2.05, 4.69) is 12.2 Å². The van der Waals surface area contributed by atoms with Crippen molar-refractivity contribution in [3.05, 3.63) is 70.8 Å². The van der Waals surface area contributed by atoms with Crippen molar-refractivity contribution in [3.63, 3.8) is 0 Å². The van der Waals surface area contributed by atoms with E-state index in [0.29, 0.717) is 35.4 Å². The highest BCUT2D eigenvalue weighted by Crippen LogP contribution is 2.33. The second-order valence-corrected chi connectivity index (χ2v) is 8.65. The molecule has 166 valence electrons. The molecule has 7 nitrogen and oxygen atoms in total. The molecule has 0 saturated heterocycles. The molecule has 32 heavy (non-hydrogen) atoms. The average molecular weight is 434 g/mol. The van der Waals surface area contributed by atoms with Gasteiger partial charge in [0.05, 0.1) is 24.8 Å². The van der Waals surface area contributed by atoms with Gasteiger partial charge in [-0.15, -0.1) is 0 Å². The molecule has 0 bridgehead atoms. The lowest BCUT2D eigenvalue weighted by molar-refractivity contribution is -0.150. The summed E-state index contributed by atoms with van der Waals surface area (Å²) in [7, 11) is 1.34. The third-order valence-corrected chi connectivity index (χ3v) is 6.49. The number of nitrogens with zero attached hydrogens (tertiary/aromatic N) is 1. The number of esters is 1. The molecule has 1 N–H and O–H groups in total. The first-order chi connectivity index (χ1) is 15.3. The van der Waals surface area contributed by atoms with E-state index in [1.165, 1.54) is 12.0 Å². The number of carbonyl (C=O) groups is 4. The van der Waals surface area contributed by atoms with Crippen molar-refractivity contribution in [3.8, 4) is 0 Å². The summed E-state index contributed by atoms with van der Waals surface area (Å²) in [4.78, 5) is 51.7. The Morgan fingerprint density at radius 3 is 2.09 bits per heavy atom. The molecule has 0 unspecified atom stereocenters. The highest BCUT2D eigenvalue weighted by atomic mass is 16.5. The molecule has 0 atom stereocenters. The lowest BCUT2D eigenvalue weighted by Crippen LogP contribution is -2.56. The van der Waals surface area contributed by atoms with Crippen LogP contribution in [0, 0.1) is 5.92 Å². The minimum Gasteiger partial charge on any atom is -0.467 e. The van der Waals surface area contributed by atoms with Gasteiger partial charge in [-0.2, -0.15) is 0 Å². The van der Waals surface area contributed by atoms with Gasteiger partial charge in [0.25, 0.3) is 17.7 Å². The average Bonchev–Trinajstić information content (AvgIpc) is 3.05. The van der Waals surface area contributed by atoms with Crippen LogP contribution in [0.3, 0.4) is 0 Å². The standard InChI is InChI=1S/C25H26N2O5/c1-16-11-13-25(14-12-16,24(31)32-2)26-21(28)18-9-7-17(8-10-18)15-27-22(29)19-5-3-4-6-20(19)23(27)30/h3-10,16H,11-15H2,1-2H3,(H,26,28). The number of benzene rings is 2. The molecule has 2 aromatic carbocycles. The second kappa shape index (κ2) is 8.57. The third kappa shape index (κ3) is 3.90. The zero-order chi connectivity index (χ0) is 22.9. The largest absolute Gasteiger partial charge is 0.467 e. The fraction of sp³-hybridized carbons (Fsp3) is 0.360. The van der Waals surface area contributed by atoms with Gasteiger partial charge in [0.15, 0.2) is 0 Å². The summed E-state index contributed by atoms with van der Waals surface area (Å²) in [5.41, 5.74) is 0.937. The monoisotopic (exact) mass is 434 g/mol. The van der Waals surface area contributed by atoms with Crippen molar-refractivity contribution in [1.82, 2.24) is 10.2 Å². The molecule has 2 aromatic rings. The Kier molecular flexibility index (Phi) is 5.82. The number of carbonyl (C=O) groups excluding carboxylic acids is 4. The van der Waals surface area contributed by atoms with Crippen LogP contribution in [0.25, 0.3) is 0 Å². The fourth-order valence-corrected chi connectivity index (χ4v) is 4.45. The van der Waals surface area contributed by atoms with Crippen molar-refractivity contribution in [2.45, 2.75) is 44.7 Å². The van der Waals surface area contributed by atoms with Gasteiger partial charge in [0.2, 0.25) is 0 Å². The van der Waals surface area contributed by atoms with Gasteiger partial charge in [-0.3, -0.25) is 19.3 Å². The zero-order valence-corrected chi connectivity index (χ0v) is 18.2. The fourth-order valence-electron chi connectivity index (χ4n) is 4.45. The molecular formula is C25H26N2O5. The molecule has 0 radical (unpaired) electrons. The molecule has 0 spiro atoms. The van der Waals surface area contributed by atoms with Crippen molar-refractivity contribution in [2.24, 2.45) is 5.92 Å². The highest BCUT2D eigenvalue weighted by Gasteiger charge is 2.43. The van der Waals surface area contributed by atoms with Crippen molar-refractivity contribution < 1.29 is 23.9 Å². The summed E-state index contributed by atoms with van der Waals surface area (Å²) in [5.74, 6) is -0.902. The first-order valence-corrected chi connectivity index (χ1v) is 10.8. The Morgan fingerprint density at radius 1 is 1.00 bits per heavy atom. The third-order valence-electron chi connectivity index (χ3n) is 6.49. The maximum atomic E-state index is 12.9. The topological polar surface area (TPSA) is 92.8 Å². The number of fused-ring (bicyclic) bond motifs is 1. The van der Waals surface area contributed by atoms with Gasteiger partial charge >= 0.3 is 5.97 Å². The van der Waals surface area contributed by atoms with Gasteiger partial charge in [0, 0.05) is 5.56 Å². The van der Waals surface area contributed by atoms with Crippen LogP contribution in [-0.2, 0) is 16.1 Å². The summed E-state index contributed by atoms with van der Waals surface area (Å²) >= 11 is 0. The lowest BCUT2D eigenvalue weighted by Gasteiger charge is -2.37. The van der Waals surface area contributed by atoms with Crippen molar-refractivity contribution >= 4 is 23.7 Å². The highest BCUT2D eigenvalue weighted by molar-refractivity contribution is 6.21. The molecule has 4 rings (SSSR count). The van der Waals surface area contributed by atoms with Gasteiger partial charge < -0.3 is 10.1 Å². The molecule has 1 aliphatic heterocycles. The Bertz CT molecular complexity index is 1030. The summed E-state index contributed by atoms with van der Waals surface area (Å²) in [5, 5.41) is 2.91. The molecule has 1 heterocycles. The molecule has 0 aromatic heterocycles. The maximum absolute atomic E-state index is 12.9. The number of methoxy groups -OCH3 is 1. The minimum atomic E-state index is -1.00. The molecular weight excluding hydrogens is 408 g/mol. The molecule has 3 amide bonds. The Hall–Kier alpha value is -3.48. The number of nitrogens with one attached hydrogen (secondary N) is 1. The lowest BCUT2D eigenvalue weighted by atomic mass is 9.77. The van der Waals surface area contributed by atoms with E-state index in [1.807, 2.05) is 0 Å². The second-order valence-electron chi connectivity index (χ2n) is 8.65. The maximum Gasteiger partial charge on any atom is 0.331 e. The van der Waals surface area contributed by atoms with E-state index in [4.69, 9.17) is 4.74 Å². The van der Waals surface area contributed by atoms with Gasteiger partial charge in [-0.25, -0.2) is 4.79 Å². The van der Waals surface area contributed by atoms with E-state index >= 15 is 0 Å². The molecule has 1 saturated carbocycles. The quantitative estimate of drug-likeness (QED) is 0.576. The number of rotatable bonds is 5. The zero-order valence-electron chi connectivity index (χ0n) is 18.2. The molecule has 2 aliphatic rings. The van der Waals surface area contributed by atoms with Gasteiger partial charge in [0.1, 0.15) is 5.54 Å². The molecule has 1 aliphatic carbocycles. The SMILES string of the molecule is COC(=O)C1(NC(=O)c2ccc(CN3C(=O)c4ccccc4C3=O)cc2)CCC(C)CC1. The first kappa shape index (κ1) is 21.7. The number of hydrogen-bond donors (Lipinski definition) is 1. The Morgan fingerprint density at radius 2 is 1.56 bits per heavy atom. The number of hydrogen-bond acceptors (Lipinski definition) is 5. The van der Waals surface area contributed by atoms with Crippen LogP contribution >= 0.6 is 0 Å². The number of imide groups is 1. The van der Waals surface area contributed by atoms with E-state index in [-0.39, 0.29) is 24.3 Å². The smallest absolute Gasteiger partial charge is 0.331 e. The Balaban J connectivity index is 1.46. The molecule has 7 heteroatoms. The van der Waals surface area contributed by atoms with E-state index < -0.39 is 11.5 Å². The Labute approximate surface area is 186 Å². The van der Waals surface area contributed by atoms with Crippen LogP contribution in [0.1, 0.15) is 69.2 Å². The summed E-state index contributed by atoms with van der Waals surface area (Å²) in [6.45, 7) is 2.26. The van der Waals surface area contributed by atoms with Gasteiger partial charge in [-0.05, 0) is 61.4 Å². The summed E-state index contributed by atoms with van der Waals surface area (Å²) in [6, 6.07) is 13.5. The number of ether oxygens (including phenoxy) is 1. The minimum absolute atomic E-state index is 0.123. The number of amides is 3. The summed E-state index contributed by atoms with van der Waals surface area (Å²) < 4.78 is 4.98. The van der Waals surface area contributed by atoms with Crippen LogP contribution in [0.15, 0.2) is 48.5 Å². The van der Waals surface area contributed by atoms with Crippen LogP contribution in [0.5, 0.6) is 0 Å². The van der Waals surface area contributed by atoms with Gasteiger partial charge in [-0.1, -0.05) is 31.2 Å².